The number of aliphatic imine (C=N–C) groups is 1. The summed E-state index contributed by atoms with van der Waals surface area (Å²) in [6.45, 7) is 3.66. The number of nitrogens with one attached hydrogen (secondary N) is 1. The molecule has 4 nitrogen and oxygen atoms in total. The van der Waals surface area contributed by atoms with Gasteiger partial charge in [-0.05, 0) is 49.7 Å². The van der Waals surface area contributed by atoms with Crippen LogP contribution in [0.3, 0.4) is 0 Å². The number of hydrogen-bond acceptors (Lipinski definition) is 4. The number of hydrogen-bond donors (Lipinski definition) is 1. The second kappa shape index (κ2) is 7.97. The number of fused-ring (bicyclic) bond motifs is 1. The number of halogens is 1. The summed E-state index contributed by atoms with van der Waals surface area (Å²) in [6.07, 6.45) is 4.63. The van der Waals surface area contributed by atoms with Crippen LogP contribution in [-0.2, 0) is 4.84 Å². The average Bonchev–Trinajstić information content (AvgIpc) is 3.26. The molecule has 2 aliphatic rings. The summed E-state index contributed by atoms with van der Waals surface area (Å²) in [5, 5.41) is 2.47. The molecule has 1 atom stereocenters. The molecule has 0 amide bonds. The van der Waals surface area contributed by atoms with Gasteiger partial charge in [0.25, 0.3) is 0 Å². The van der Waals surface area contributed by atoms with Crippen LogP contribution in [0.4, 0.5) is 0 Å². The van der Waals surface area contributed by atoms with Gasteiger partial charge in [0.2, 0.25) is 5.90 Å². The number of hydroxylamine groups is 1. The highest BCUT2D eigenvalue weighted by Crippen LogP contribution is 2.27. The van der Waals surface area contributed by atoms with Gasteiger partial charge in [-0.1, -0.05) is 42.5 Å². The second-order valence-electron chi connectivity index (χ2n) is 6.37. The van der Waals surface area contributed by atoms with Crippen LogP contribution in [0.2, 0.25) is 0 Å². The predicted molar refractivity (Wildman–Crippen MR) is 101 cm³/mol. The van der Waals surface area contributed by atoms with Crippen LogP contribution in [-0.4, -0.2) is 30.4 Å². The van der Waals surface area contributed by atoms with Gasteiger partial charge in [-0.15, -0.1) is 17.9 Å². The topological polar surface area (TPSA) is 36.9 Å². The van der Waals surface area contributed by atoms with Crippen LogP contribution in [0.25, 0.3) is 10.8 Å². The molecule has 2 aromatic carbocycles. The van der Waals surface area contributed by atoms with Gasteiger partial charge >= 0.3 is 0 Å². The molecule has 2 aliphatic heterocycles. The van der Waals surface area contributed by atoms with Gasteiger partial charge < -0.3 is 9.74 Å². The Kier molecular flexibility index (Phi) is 5.72. The van der Waals surface area contributed by atoms with Crippen molar-refractivity contribution in [2.24, 2.45) is 4.99 Å². The van der Waals surface area contributed by atoms with E-state index in [9.17, 15) is 0 Å². The largest absolute Gasteiger partial charge is 0.391 e. The molecule has 0 spiro atoms. The quantitative estimate of drug-likeness (QED) is 0.887. The molecule has 0 bridgehead atoms. The maximum absolute atomic E-state index is 5.62. The Balaban J connectivity index is 0.00000169. The molecule has 5 heteroatoms. The van der Waals surface area contributed by atoms with Crippen LogP contribution in [0.15, 0.2) is 47.5 Å². The first kappa shape index (κ1) is 17.2. The Bertz CT molecular complexity index is 707. The zero-order chi connectivity index (χ0) is 15.5. The lowest BCUT2D eigenvalue weighted by Gasteiger charge is -2.13. The van der Waals surface area contributed by atoms with Crippen molar-refractivity contribution in [1.29, 1.82) is 0 Å². The van der Waals surface area contributed by atoms with Crippen molar-refractivity contribution in [2.75, 3.05) is 19.6 Å². The minimum atomic E-state index is -0.0945. The van der Waals surface area contributed by atoms with Gasteiger partial charge in [-0.25, -0.2) is 4.99 Å². The van der Waals surface area contributed by atoms with Crippen LogP contribution >= 0.6 is 12.4 Å². The zero-order valence-corrected chi connectivity index (χ0v) is 14.6. The summed E-state index contributed by atoms with van der Waals surface area (Å²) in [6, 6.07) is 14.8. The van der Waals surface area contributed by atoms with Gasteiger partial charge in [-0.3, -0.25) is 0 Å². The number of likely N-dealkylation sites (tertiary alicyclic amines) is 1. The smallest absolute Gasteiger partial charge is 0.211 e. The lowest BCUT2D eigenvalue weighted by Crippen LogP contribution is -2.21. The van der Waals surface area contributed by atoms with Crippen molar-refractivity contribution in [3.8, 4) is 0 Å². The van der Waals surface area contributed by atoms with E-state index in [0.29, 0.717) is 0 Å². The summed E-state index contributed by atoms with van der Waals surface area (Å²) < 4.78 is 0. The minimum absolute atomic E-state index is 0. The highest BCUT2D eigenvalue weighted by molar-refractivity contribution is 5.87. The fourth-order valence-corrected chi connectivity index (χ4v) is 3.52. The monoisotopic (exact) mass is 345 g/mol. The third-order valence-corrected chi connectivity index (χ3v) is 4.74. The Morgan fingerprint density at radius 1 is 1.08 bits per heavy atom. The van der Waals surface area contributed by atoms with E-state index < -0.39 is 0 Å². The molecule has 1 saturated heterocycles. The molecular formula is C19H24ClN3O. The highest BCUT2D eigenvalue weighted by atomic mass is 35.5. The minimum Gasteiger partial charge on any atom is -0.391 e. The summed E-state index contributed by atoms with van der Waals surface area (Å²) in [5.74, 6) is 0.835. The summed E-state index contributed by atoms with van der Waals surface area (Å²) in [5.41, 5.74) is 4.25. The van der Waals surface area contributed by atoms with Crippen molar-refractivity contribution in [2.45, 2.75) is 31.8 Å². The number of rotatable bonds is 5. The van der Waals surface area contributed by atoms with Crippen molar-refractivity contribution >= 4 is 29.1 Å². The Morgan fingerprint density at radius 2 is 1.88 bits per heavy atom. The van der Waals surface area contributed by atoms with Crippen molar-refractivity contribution in [3.05, 3.63) is 48.0 Å². The maximum atomic E-state index is 5.62. The molecule has 1 N–H and O–H groups in total. The standard InChI is InChI=1S/C19H23N3O.ClH/c1-2-9-16-15(7-1)8-5-10-17(16)19-20-18(23-21-19)11-6-14-22-12-3-4-13-22;/h1-2,5,7-10,19,21H,3-4,6,11-14H2;1H. The lowest BCUT2D eigenvalue weighted by molar-refractivity contribution is 0.174. The van der Waals surface area contributed by atoms with Gasteiger partial charge in [0.15, 0.2) is 6.17 Å². The van der Waals surface area contributed by atoms with Gasteiger partial charge in [0.05, 0.1) is 0 Å². The molecular weight excluding hydrogens is 322 g/mol. The highest BCUT2D eigenvalue weighted by Gasteiger charge is 2.21. The first-order valence-corrected chi connectivity index (χ1v) is 8.59. The van der Waals surface area contributed by atoms with Crippen LogP contribution in [0.1, 0.15) is 37.4 Å². The fraction of sp³-hybridized carbons (Fsp3) is 0.421. The molecule has 24 heavy (non-hydrogen) atoms. The third kappa shape index (κ3) is 3.72. The molecule has 2 heterocycles. The Hall–Kier alpha value is -1.62. The third-order valence-electron chi connectivity index (χ3n) is 4.74. The van der Waals surface area contributed by atoms with Crippen molar-refractivity contribution < 1.29 is 4.84 Å². The molecule has 0 aromatic heterocycles. The zero-order valence-electron chi connectivity index (χ0n) is 13.8. The van der Waals surface area contributed by atoms with E-state index in [1.165, 1.54) is 42.3 Å². The Morgan fingerprint density at radius 3 is 2.75 bits per heavy atom. The second-order valence-corrected chi connectivity index (χ2v) is 6.37. The van der Waals surface area contributed by atoms with E-state index in [2.05, 4.69) is 52.8 Å². The van der Waals surface area contributed by atoms with Crippen molar-refractivity contribution in [3.63, 3.8) is 0 Å². The summed E-state index contributed by atoms with van der Waals surface area (Å²) in [7, 11) is 0. The first-order chi connectivity index (χ1) is 11.4. The van der Waals surface area contributed by atoms with Gasteiger partial charge in [0.1, 0.15) is 0 Å². The summed E-state index contributed by atoms with van der Waals surface area (Å²) >= 11 is 0. The van der Waals surface area contributed by atoms with Crippen LogP contribution < -0.4 is 5.48 Å². The molecule has 2 aromatic rings. The SMILES string of the molecule is Cl.c1ccc2c(C3N=C(CCCN4CCCC4)ON3)cccc2c1. The first-order valence-electron chi connectivity index (χ1n) is 8.59. The average molecular weight is 346 g/mol. The van der Waals surface area contributed by atoms with E-state index >= 15 is 0 Å². The van der Waals surface area contributed by atoms with E-state index in [-0.39, 0.29) is 18.6 Å². The molecule has 1 unspecified atom stereocenters. The van der Waals surface area contributed by atoms with Gasteiger partial charge in [0, 0.05) is 12.0 Å². The summed E-state index contributed by atoms with van der Waals surface area (Å²) in [4.78, 5) is 12.9. The lowest BCUT2D eigenvalue weighted by atomic mass is 10.0. The van der Waals surface area contributed by atoms with E-state index in [1.807, 2.05) is 0 Å². The molecule has 0 saturated carbocycles. The molecule has 0 aliphatic carbocycles. The van der Waals surface area contributed by atoms with E-state index in [0.717, 1.165) is 25.3 Å². The molecule has 0 radical (unpaired) electrons. The fourth-order valence-electron chi connectivity index (χ4n) is 3.52. The Labute approximate surface area is 149 Å². The molecule has 4 rings (SSSR count). The van der Waals surface area contributed by atoms with Gasteiger partial charge in [-0.2, -0.15) is 0 Å². The van der Waals surface area contributed by atoms with E-state index in [1.54, 1.807) is 0 Å². The normalized spacial score (nSPS) is 20.7. The molecule has 128 valence electrons. The van der Waals surface area contributed by atoms with Crippen LogP contribution in [0.5, 0.6) is 0 Å². The number of benzene rings is 2. The van der Waals surface area contributed by atoms with Crippen molar-refractivity contribution in [1.82, 2.24) is 10.4 Å². The predicted octanol–water partition coefficient (Wildman–Crippen LogP) is 4.07. The molecule has 1 fully saturated rings. The maximum Gasteiger partial charge on any atom is 0.211 e. The van der Waals surface area contributed by atoms with Crippen LogP contribution in [0, 0.1) is 0 Å². The van der Waals surface area contributed by atoms with E-state index in [4.69, 9.17) is 9.83 Å². The number of nitrogens with zero attached hydrogens (tertiary/aromatic N) is 2.